The molecule has 0 atom stereocenters. The lowest BCUT2D eigenvalue weighted by atomic mass is 10.1. The number of hydrogen-bond acceptors (Lipinski definition) is 7. The first-order valence-electron chi connectivity index (χ1n) is 8.44. The second-order valence-corrected chi connectivity index (χ2v) is 6.51. The molecule has 9 nitrogen and oxygen atoms in total. The molecule has 3 N–H and O–H groups in total. The molecule has 15 heteroatoms. The summed E-state index contributed by atoms with van der Waals surface area (Å²) in [6.45, 7) is -1.85. The number of nitrogens with two attached hydrogens (primary N) is 1. The van der Waals surface area contributed by atoms with Gasteiger partial charge in [0.05, 0.1) is 16.1 Å². The summed E-state index contributed by atoms with van der Waals surface area (Å²) >= 11 is 0. The van der Waals surface area contributed by atoms with Crippen LogP contribution in [-0.4, -0.2) is 42.7 Å². The minimum absolute atomic E-state index is 0.188. The summed E-state index contributed by atoms with van der Waals surface area (Å²) in [7, 11) is 2.78. The van der Waals surface area contributed by atoms with Crippen LogP contribution in [0.1, 0.15) is 15.9 Å². The van der Waals surface area contributed by atoms with E-state index in [0.717, 1.165) is 0 Å². The minimum atomic E-state index is -4.81. The van der Waals surface area contributed by atoms with Crippen molar-refractivity contribution in [3.05, 3.63) is 45.5 Å². The van der Waals surface area contributed by atoms with Crippen LogP contribution in [0, 0.1) is 10.1 Å². The number of amides is 1. The predicted octanol–water partition coefficient (Wildman–Crippen LogP) is 3.85. The van der Waals surface area contributed by atoms with Crippen LogP contribution in [0.15, 0.2) is 24.3 Å². The number of nitrogens with zero attached hydrogens (tertiary/aromatic N) is 3. The first-order chi connectivity index (χ1) is 14.6. The number of aromatic nitrogens is 1. The molecule has 0 saturated heterocycles. The number of carbonyl (C=O) groups is 1. The normalized spacial score (nSPS) is 11.8. The van der Waals surface area contributed by atoms with E-state index < -0.39 is 63.9 Å². The van der Waals surface area contributed by atoms with Gasteiger partial charge in [0.2, 0.25) is 0 Å². The third kappa shape index (κ3) is 6.12. The van der Waals surface area contributed by atoms with E-state index in [0.29, 0.717) is 24.3 Å². The lowest BCUT2D eigenvalue weighted by molar-refractivity contribution is -0.383. The standard InChI is InChI=1S/C17H15F6N5O4/c1-27(2)14-4-8(17(21,22)23)3-13(25-14)26-15(29)9-5-11(28(30)31)10(24)6-12(9)32-7-16(18,19)20/h3-6H,7,24H2,1-2H3,(H,25,26,29). The highest BCUT2D eigenvalue weighted by atomic mass is 19.4. The van der Waals surface area contributed by atoms with E-state index >= 15 is 0 Å². The third-order valence-corrected chi connectivity index (χ3v) is 3.80. The minimum Gasteiger partial charge on any atom is -0.483 e. The Hall–Kier alpha value is -3.78. The average molecular weight is 467 g/mol. The lowest BCUT2D eigenvalue weighted by Crippen LogP contribution is -2.22. The first-order valence-corrected chi connectivity index (χ1v) is 8.44. The number of carbonyl (C=O) groups excluding carboxylic acids is 1. The van der Waals surface area contributed by atoms with Crippen LogP contribution < -0.4 is 20.7 Å². The Morgan fingerprint density at radius 1 is 1.19 bits per heavy atom. The molecule has 174 valence electrons. The van der Waals surface area contributed by atoms with Crippen molar-refractivity contribution in [2.75, 3.05) is 36.7 Å². The molecule has 0 bridgehead atoms. The average Bonchev–Trinajstić information content (AvgIpc) is 2.64. The highest BCUT2D eigenvalue weighted by Crippen LogP contribution is 2.34. The number of anilines is 3. The van der Waals surface area contributed by atoms with Crippen LogP contribution in [0.3, 0.4) is 0 Å². The van der Waals surface area contributed by atoms with Crippen LogP contribution in [0.4, 0.5) is 49.4 Å². The molecule has 0 spiro atoms. The van der Waals surface area contributed by atoms with Crippen molar-refractivity contribution >= 4 is 28.9 Å². The van der Waals surface area contributed by atoms with E-state index in [1.807, 2.05) is 5.32 Å². The summed E-state index contributed by atoms with van der Waals surface area (Å²) in [5, 5.41) is 13.1. The maximum absolute atomic E-state index is 13.2. The quantitative estimate of drug-likeness (QED) is 0.286. The van der Waals surface area contributed by atoms with Crippen molar-refractivity contribution in [1.29, 1.82) is 0 Å². The van der Waals surface area contributed by atoms with Gasteiger partial charge in [-0.1, -0.05) is 0 Å². The van der Waals surface area contributed by atoms with Gasteiger partial charge in [0.15, 0.2) is 6.61 Å². The van der Waals surface area contributed by atoms with Gasteiger partial charge in [-0.25, -0.2) is 4.98 Å². The number of nitrogen functional groups attached to an aromatic ring is 1. The van der Waals surface area contributed by atoms with Crippen molar-refractivity contribution in [2.45, 2.75) is 12.4 Å². The molecule has 0 aliphatic rings. The van der Waals surface area contributed by atoms with E-state index in [9.17, 15) is 41.3 Å². The number of nitrogens with one attached hydrogen (secondary N) is 1. The van der Waals surface area contributed by atoms with Gasteiger partial charge in [-0.2, -0.15) is 26.3 Å². The van der Waals surface area contributed by atoms with Crippen LogP contribution in [0.5, 0.6) is 5.75 Å². The molecule has 0 aliphatic heterocycles. The fraction of sp³-hybridized carbons (Fsp3) is 0.294. The van der Waals surface area contributed by atoms with Crippen molar-refractivity contribution in [1.82, 2.24) is 4.98 Å². The monoisotopic (exact) mass is 467 g/mol. The van der Waals surface area contributed by atoms with Gasteiger partial charge in [0, 0.05) is 26.2 Å². The van der Waals surface area contributed by atoms with Crippen LogP contribution >= 0.6 is 0 Å². The van der Waals surface area contributed by atoms with Crippen molar-refractivity contribution in [3.8, 4) is 5.75 Å². The molecule has 0 radical (unpaired) electrons. The SMILES string of the molecule is CN(C)c1cc(C(F)(F)F)cc(NC(=O)c2cc([N+](=O)[O-])c(N)cc2OCC(F)(F)F)n1. The Kier molecular flexibility index (Phi) is 6.70. The van der Waals surface area contributed by atoms with Gasteiger partial charge in [-0.3, -0.25) is 14.9 Å². The Morgan fingerprint density at radius 3 is 2.31 bits per heavy atom. The molecule has 2 rings (SSSR count). The highest BCUT2D eigenvalue weighted by molar-refractivity contribution is 6.07. The van der Waals surface area contributed by atoms with Crippen LogP contribution in [0.2, 0.25) is 0 Å². The number of rotatable bonds is 6. The Morgan fingerprint density at radius 2 is 1.81 bits per heavy atom. The summed E-state index contributed by atoms with van der Waals surface area (Å²) in [4.78, 5) is 27.7. The molecule has 1 amide bonds. The van der Waals surface area contributed by atoms with Gasteiger partial charge in [0.1, 0.15) is 23.1 Å². The molecule has 2 aromatic rings. The molecule has 1 aromatic carbocycles. The smallest absolute Gasteiger partial charge is 0.422 e. The lowest BCUT2D eigenvalue weighted by Gasteiger charge is -2.17. The van der Waals surface area contributed by atoms with Crippen molar-refractivity contribution in [2.24, 2.45) is 0 Å². The number of hydrogen-bond donors (Lipinski definition) is 2. The molecule has 1 heterocycles. The van der Waals surface area contributed by atoms with E-state index in [-0.39, 0.29) is 5.82 Å². The van der Waals surface area contributed by atoms with Crippen molar-refractivity contribution < 1.29 is 40.8 Å². The van der Waals surface area contributed by atoms with Gasteiger partial charge in [-0.05, 0) is 12.1 Å². The topological polar surface area (TPSA) is 124 Å². The fourth-order valence-corrected chi connectivity index (χ4v) is 2.36. The maximum Gasteiger partial charge on any atom is 0.422 e. The summed E-state index contributed by atoms with van der Waals surface area (Å²) in [5.74, 6) is -2.86. The zero-order chi connectivity index (χ0) is 24.4. The van der Waals surface area contributed by atoms with Crippen molar-refractivity contribution in [3.63, 3.8) is 0 Å². The fourth-order valence-electron chi connectivity index (χ4n) is 2.36. The zero-order valence-electron chi connectivity index (χ0n) is 16.3. The molecule has 0 fully saturated rings. The molecular weight excluding hydrogens is 452 g/mol. The number of ether oxygens (including phenoxy) is 1. The zero-order valence-corrected chi connectivity index (χ0v) is 16.3. The Bertz CT molecular complexity index is 1040. The predicted molar refractivity (Wildman–Crippen MR) is 101 cm³/mol. The molecule has 1 aromatic heterocycles. The summed E-state index contributed by atoms with van der Waals surface area (Å²) in [6, 6.07) is 2.40. The van der Waals surface area contributed by atoms with Gasteiger partial charge >= 0.3 is 12.4 Å². The number of nitro benzene ring substituents is 1. The van der Waals surface area contributed by atoms with Gasteiger partial charge in [-0.15, -0.1) is 0 Å². The third-order valence-electron chi connectivity index (χ3n) is 3.80. The first kappa shape index (κ1) is 24.5. The van der Waals surface area contributed by atoms with E-state index in [1.54, 1.807) is 0 Å². The number of nitro groups is 1. The van der Waals surface area contributed by atoms with E-state index in [4.69, 9.17) is 5.73 Å². The Labute approximate surface area is 175 Å². The second kappa shape index (κ2) is 8.76. The van der Waals surface area contributed by atoms with Crippen LogP contribution in [-0.2, 0) is 6.18 Å². The number of halogens is 6. The molecule has 32 heavy (non-hydrogen) atoms. The number of benzene rings is 1. The maximum atomic E-state index is 13.2. The Balaban J connectivity index is 2.51. The molecule has 0 unspecified atom stereocenters. The van der Waals surface area contributed by atoms with E-state index in [2.05, 4.69) is 9.72 Å². The number of pyridine rings is 1. The molecule has 0 aliphatic carbocycles. The summed E-state index contributed by atoms with van der Waals surface area (Å²) in [6.07, 6.45) is -9.61. The summed E-state index contributed by atoms with van der Waals surface area (Å²) in [5.41, 5.74) is 2.09. The number of alkyl halides is 6. The van der Waals surface area contributed by atoms with Crippen LogP contribution in [0.25, 0.3) is 0 Å². The largest absolute Gasteiger partial charge is 0.483 e. The summed E-state index contributed by atoms with van der Waals surface area (Å²) < 4.78 is 81.6. The highest BCUT2D eigenvalue weighted by Gasteiger charge is 2.33. The molecular formula is C17H15F6N5O4. The van der Waals surface area contributed by atoms with E-state index in [1.165, 1.54) is 19.0 Å². The second-order valence-electron chi connectivity index (χ2n) is 6.51. The van der Waals surface area contributed by atoms with Gasteiger partial charge in [0.25, 0.3) is 11.6 Å². The van der Waals surface area contributed by atoms with Gasteiger partial charge < -0.3 is 20.7 Å². The molecule has 0 saturated carbocycles.